The van der Waals surface area contributed by atoms with Gasteiger partial charge in [0, 0.05) is 0 Å². The summed E-state index contributed by atoms with van der Waals surface area (Å²) in [5.74, 6) is 4.33. The van der Waals surface area contributed by atoms with Gasteiger partial charge in [-0.15, -0.1) is 0 Å². The standard InChI is InChI=1S/C29H45FO.2C2H6/c1-4-6-7-8-10-22(3)31-29-20-19-27(21-28(29)30)26-17-15-25(16-18-26)24-13-11-23(9-5-2)12-14-24;2*1-2/h10,19-21,23-26H,4-9,11-18H2,1-3H3;2*1-2H3/b22-10-;;. The summed E-state index contributed by atoms with van der Waals surface area (Å²) in [5, 5.41) is 0. The van der Waals surface area contributed by atoms with Crippen molar-refractivity contribution in [2.75, 3.05) is 0 Å². The van der Waals surface area contributed by atoms with E-state index in [4.69, 9.17) is 4.74 Å². The summed E-state index contributed by atoms with van der Waals surface area (Å²) in [7, 11) is 0. The Hall–Kier alpha value is -1.31. The number of rotatable bonds is 10. The lowest BCUT2D eigenvalue weighted by Gasteiger charge is -2.38. The number of hydrogen-bond donors (Lipinski definition) is 0. The molecule has 2 fully saturated rings. The smallest absolute Gasteiger partial charge is 0.165 e. The molecule has 0 atom stereocenters. The molecule has 2 aliphatic carbocycles. The lowest BCUT2D eigenvalue weighted by atomic mass is 9.68. The van der Waals surface area contributed by atoms with Gasteiger partial charge in [-0.2, -0.15) is 0 Å². The van der Waals surface area contributed by atoms with Gasteiger partial charge in [-0.1, -0.05) is 86.1 Å². The molecule has 0 unspecified atom stereocenters. The van der Waals surface area contributed by atoms with Gasteiger partial charge >= 0.3 is 0 Å². The highest BCUT2D eigenvalue weighted by atomic mass is 19.1. The number of ether oxygens (including phenoxy) is 1. The summed E-state index contributed by atoms with van der Waals surface area (Å²) < 4.78 is 20.5. The first-order valence-corrected chi connectivity index (χ1v) is 15.2. The van der Waals surface area contributed by atoms with Crippen molar-refractivity contribution in [2.45, 2.75) is 144 Å². The molecule has 202 valence electrons. The fourth-order valence-corrected chi connectivity index (χ4v) is 6.05. The SMILES string of the molecule is CC.CC.CCCCC/C=C(/C)Oc1ccc(C2CCC(C3CCC(CCC)CC3)CC2)cc1F. The molecule has 2 heteroatoms. The van der Waals surface area contributed by atoms with Crippen molar-refractivity contribution in [3.05, 3.63) is 41.4 Å². The number of hydrogen-bond acceptors (Lipinski definition) is 1. The molecule has 0 N–H and O–H groups in total. The van der Waals surface area contributed by atoms with Gasteiger partial charge in [-0.3, -0.25) is 0 Å². The van der Waals surface area contributed by atoms with Crippen LogP contribution in [0.4, 0.5) is 4.39 Å². The van der Waals surface area contributed by atoms with Crippen LogP contribution in [0.1, 0.15) is 150 Å². The van der Waals surface area contributed by atoms with Crippen molar-refractivity contribution >= 4 is 0 Å². The van der Waals surface area contributed by atoms with Crippen molar-refractivity contribution in [2.24, 2.45) is 17.8 Å². The normalized spacial score (nSPS) is 24.5. The Balaban J connectivity index is 0.00000145. The zero-order valence-corrected chi connectivity index (χ0v) is 24.3. The van der Waals surface area contributed by atoms with E-state index in [1.807, 2.05) is 40.7 Å². The van der Waals surface area contributed by atoms with Gasteiger partial charge in [-0.05, 0) is 106 Å². The van der Waals surface area contributed by atoms with Crippen LogP contribution in [0.5, 0.6) is 5.75 Å². The van der Waals surface area contributed by atoms with Gasteiger partial charge in [0.2, 0.25) is 0 Å². The van der Waals surface area contributed by atoms with Crippen LogP contribution in [0.15, 0.2) is 30.0 Å². The molecule has 0 bridgehead atoms. The van der Waals surface area contributed by atoms with Crippen LogP contribution in [0.25, 0.3) is 0 Å². The fourth-order valence-electron chi connectivity index (χ4n) is 6.05. The Morgan fingerprint density at radius 1 is 0.857 bits per heavy atom. The Kier molecular flexibility index (Phi) is 17.1. The molecule has 2 saturated carbocycles. The Morgan fingerprint density at radius 2 is 1.46 bits per heavy atom. The number of benzene rings is 1. The summed E-state index contributed by atoms with van der Waals surface area (Å²) >= 11 is 0. The molecule has 0 aromatic heterocycles. The van der Waals surface area contributed by atoms with Gasteiger partial charge in [0.25, 0.3) is 0 Å². The lowest BCUT2D eigenvalue weighted by molar-refractivity contribution is 0.156. The summed E-state index contributed by atoms with van der Waals surface area (Å²) in [4.78, 5) is 0. The summed E-state index contributed by atoms with van der Waals surface area (Å²) in [5.41, 5.74) is 1.17. The minimum Gasteiger partial charge on any atom is -0.459 e. The molecule has 35 heavy (non-hydrogen) atoms. The molecule has 0 heterocycles. The highest BCUT2D eigenvalue weighted by Crippen LogP contribution is 2.44. The summed E-state index contributed by atoms with van der Waals surface area (Å²) in [6.07, 6.45) is 20.4. The Labute approximate surface area is 218 Å². The third kappa shape index (κ3) is 11.1. The van der Waals surface area contributed by atoms with E-state index >= 15 is 0 Å². The number of allylic oxidation sites excluding steroid dienone is 2. The third-order valence-electron chi connectivity index (χ3n) is 7.96. The van der Waals surface area contributed by atoms with E-state index in [1.54, 1.807) is 6.07 Å². The number of halogens is 1. The second-order valence-electron chi connectivity index (χ2n) is 10.3. The molecule has 1 aromatic rings. The van der Waals surface area contributed by atoms with Crippen molar-refractivity contribution in [3.63, 3.8) is 0 Å². The van der Waals surface area contributed by atoms with Crippen LogP contribution in [-0.4, -0.2) is 0 Å². The quantitative estimate of drug-likeness (QED) is 0.235. The maximum Gasteiger partial charge on any atom is 0.165 e. The van der Waals surface area contributed by atoms with Crippen LogP contribution in [0.2, 0.25) is 0 Å². The van der Waals surface area contributed by atoms with Gasteiger partial charge in [0.05, 0.1) is 5.76 Å². The molecule has 0 saturated heterocycles. The minimum atomic E-state index is -0.213. The lowest BCUT2D eigenvalue weighted by Crippen LogP contribution is -2.25. The van der Waals surface area contributed by atoms with Crippen LogP contribution in [0.3, 0.4) is 0 Å². The first kappa shape index (κ1) is 31.7. The molecule has 1 aromatic carbocycles. The second kappa shape index (κ2) is 18.9. The molecule has 0 spiro atoms. The largest absolute Gasteiger partial charge is 0.459 e. The second-order valence-corrected chi connectivity index (χ2v) is 10.3. The van der Waals surface area contributed by atoms with Crippen LogP contribution >= 0.6 is 0 Å². The monoisotopic (exact) mass is 488 g/mol. The molecule has 3 rings (SSSR count). The topological polar surface area (TPSA) is 9.23 Å². The van der Waals surface area contributed by atoms with E-state index in [0.717, 1.165) is 29.9 Å². The first-order valence-electron chi connectivity index (χ1n) is 15.2. The molecule has 2 aliphatic rings. The zero-order valence-electron chi connectivity index (χ0n) is 24.3. The van der Waals surface area contributed by atoms with E-state index < -0.39 is 0 Å². The highest BCUT2D eigenvalue weighted by Gasteiger charge is 2.31. The molecular formula is C33H57FO. The van der Waals surface area contributed by atoms with E-state index in [2.05, 4.69) is 26.0 Å². The predicted molar refractivity (Wildman–Crippen MR) is 153 cm³/mol. The molecular weight excluding hydrogens is 431 g/mol. The molecule has 0 radical (unpaired) electrons. The van der Waals surface area contributed by atoms with Crippen LogP contribution in [0, 0.1) is 23.6 Å². The third-order valence-corrected chi connectivity index (χ3v) is 7.96. The first-order chi connectivity index (χ1) is 17.1. The maximum absolute atomic E-state index is 14.7. The Morgan fingerprint density at radius 3 is 2.00 bits per heavy atom. The fraction of sp³-hybridized carbons (Fsp3) is 0.758. The van der Waals surface area contributed by atoms with Gasteiger partial charge in [0.15, 0.2) is 11.6 Å². The summed E-state index contributed by atoms with van der Waals surface area (Å²) in [6.45, 7) is 14.5. The maximum atomic E-state index is 14.7. The average Bonchev–Trinajstić information content (AvgIpc) is 2.91. The van der Waals surface area contributed by atoms with Gasteiger partial charge in [-0.25, -0.2) is 4.39 Å². The number of unbranched alkanes of at least 4 members (excludes halogenated alkanes) is 3. The van der Waals surface area contributed by atoms with E-state index in [0.29, 0.717) is 11.7 Å². The van der Waals surface area contributed by atoms with Gasteiger partial charge < -0.3 is 4.74 Å². The summed E-state index contributed by atoms with van der Waals surface area (Å²) in [6, 6.07) is 5.68. The van der Waals surface area contributed by atoms with E-state index in [9.17, 15) is 4.39 Å². The zero-order chi connectivity index (χ0) is 26.1. The van der Waals surface area contributed by atoms with E-state index in [1.165, 1.54) is 89.0 Å². The molecule has 0 amide bonds. The van der Waals surface area contributed by atoms with Crippen LogP contribution in [-0.2, 0) is 0 Å². The minimum absolute atomic E-state index is 0.213. The van der Waals surface area contributed by atoms with Crippen molar-refractivity contribution in [1.29, 1.82) is 0 Å². The highest BCUT2D eigenvalue weighted by molar-refractivity contribution is 5.32. The average molecular weight is 489 g/mol. The van der Waals surface area contributed by atoms with Crippen LogP contribution < -0.4 is 4.74 Å². The van der Waals surface area contributed by atoms with Crippen molar-refractivity contribution < 1.29 is 9.13 Å². The van der Waals surface area contributed by atoms with Gasteiger partial charge in [0.1, 0.15) is 0 Å². The molecule has 0 aliphatic heterocycles. The Bertz CT molecular complexity index is 678. The van der Waals surface area contributed by atoms with Crippen molar-refractivity contribution in [1.82, 2.24) is 0 Å². The van der Waals surface area contributed by atoms with E-state index in [-0.39, 0.29) is 5.82 Å². The predicted octanol–water partition coefficient (Wildman–Crippen LogP) is 11.6. The van der Waals surface area contributed by atoms with Crippen molar-refractivity contribution in [3.8, 4) is 5.75 Å². The molecule has 1 nitrogen and oxygen atoms in total.